The van der Waals surface area contributed by atoms with Crippen LogP contribution in [0.5, 0.6) is 5.75 Å². The second-order valence-corrected chi connectivity index (χ2v) is 8.32. The number of phenolic OH excluding ortho intramolecular Hbond substituents is 1. The van der Waals surface area contributed by atoms with E-state index in [1.807, 2.05) is 12.1 Å². The van der Waals surface area contributed by atoms with Crippen LogP contribution in [0.3, 0.4) is 0 Å². The summed E-state index contributed by atoms with van der Waals surface area (Å²) in [5.74, 6) is 0.292. The lowest BCUT2D eigenvalue weighted by molar-refractivity contribution is 0.475. The van der Waals surface area contributed by atoms with Gasteiger partial charge >= 0.3 is 0 Å². The van der Waals surface area contributed by atoms with Gasteiger partial charge in [-0.2, -0.15) is 0 Å². The Morgan fingerprint density at radius 1 is 0.773 bits per heavy atom. The van der Waals surface area contributed by atoms with Crippen molar-refractivity contribution in [3.8, 4) is 16.9 Å². The summed E-state index contributed by atoms with van der Waals surface area (Å²) in [6.45, 7) is 0. The Balaban J connectivity index is 2.33. The molecule has 22 heavy (non-hydrogen) atoms. The van der Waals surface area contributed by atoms with Crippen molar-refractivity contribution in [1.29, 1.82) is 0 Å². The van der Waals surface area contributed by atoms with E-state index in [9.17, 15) is 5.11 Å². The molecule has 2 aromatic carbocycles. The Bertz CT molecular complexity index is 606. The van der Waals surface area contributed by atoms with Crippen LogP contribution < -0.4 is 4.67 Å². The summed E-state index contributed by atoms with van der Waals surface area (Å²) in [5, 5.41) is 9.42. The maximum absolute atomic E-state index is 9.42. The minimum atomic E-state index is -0.543. The van der Waals surface area contributed by atoms with Crippen molar-refractivity contribution in [2.45, 2.75) is 0 Å². The molecule has 2 aromatic rings. The van der Waals surface area contributed by atoms with Crippen LogP contribution in [0.15, 0.2) is 48.5 Å². The van der Waals surface area contributed by atoms with Gasteiger partial charge in [-0.05, 0) is 63.6 Å². The Hall–Kier alpha value is -1.61. The molecule has 0 aliphatic carbocycles. The largest absolute Gasteiger partial charge is 0.508 e. The molecule has 0 aliphatic heterocycles. The van der Waals surface area contributed by atoms with E-state index < -0.39 is 8.37 Å². The number of phenols is 1. The molecule has 0 unspecified atom stereocenters. The SMILES string of the molecule is CN(C)P(N(C)C)N(C)c1cccc(-c2ccc(O)cc2)c1. The van der Waals surface area contributed by atoms with Crippen LogP contribution in [-0.4, -0.2) is 49.7 Å². The second-order valence-electron chi connectivity index (χ2n) is 5.58. The monoisotopic (exact) mass is 317 g/mol. The maximum atomic E-state index is 9.42. The van der Waals surface area contributed by atoms with Crippen molar-refractivity contribution in [2.24, 2.45) is 0 Å². The van der Waals surface area contributed by atoms with E-state index >= 15 is 0 Å². The number of hydrogen-bond acceptors (Lipinski definition) is 4. The summed E-state index contributed by atoms with van der Waals surface area (Å²) < 4.78 is 6.78. The Kier molecular flexibility index (Phi) is 5.41. The minimum Gasteiger partial charge on any atom is -0.508 e. The summed E-state index contributed by atoms with van der Waals surface area (Å²) in [7, 11) is 10.00. The van der Waals surface area contributed by atoms with Gasteiger partial charge in [0, 0.05) is 12.7 Å². The molecule has 0 heterocycles. The van der Waals surface area contributed by atoms with Gasteiger partial charge in [-0.1, -0.05) is 24.3 Å². The molecule has 118 valence electrons. The summed E-state index contributed by atoms with van der Waals surface area (Å²) in [4.78, 5) is 0. The van der Waals surface area contributed by atoms with Crippen molar-refractivity contribution < 1.29 is 5.11 Å². The van der Waals surface area contributed by atoms with Crippen LogP contribution in [-0.2, 0) is 0 Å². The molecule has 0 aromatic heterocycles. The van der Waals surface area contributed by atoms with E-state index in [1.54, 1.807) is 12.1 Å². The van der Waals surface area contributed by atoms with E-state index in [-0.39, 0.29) is 0 Å². The fourth-order valence-electron chi connectivity index (χ4n) is 2.54. The first kappa shape index (κ1) is 16.8. The summed E-state index contributed by atoms with van der Waals surface area (Å²) in [5.41, 5.74) is 3.43. The van der Waals surface area contributed by atoms with Crippen molar-refractivity contribution in [2.75, 3.05) is 39.9 Å². The van der Waals surface area contributed by atoms with Gasteiger partial charge in [0.25, 0.3) is 0 Å². The fraction of sp³-hybridized carbons (Fsp3) is 0.294. The smallest absolute Gasteiger partial charge is 0.147 e. The molecule has 0 spiro atoms. The summed E-state index contributed by atoms with van der Waals surface area (Å²) in [6, 6.07) is 15.8. The van der Waals surface area contributed by atoms with Crippen LogP contribution in [0.4, 0.5) is 5.69 Å². The Labute approximate surface area is 134 Å². The second kappa shape index (κ2) is 7.10. The molecule has 0 aliphatic rings. The molecule has 0 saturated carbocycles. The molecule has 0 amide bonds. The molecule has 4 nitrogen and oxygen atoms in total. The third kappa shape index (κ3) is 3.77. The molecule has 0 radical (unpaired) electrons. The quantitative estimate of drug-likeness (QED) is 0.849. The van der Waals surface area contributed by atoms with Gasteiger partial charge in [0.05, 0.1) is 0 Å². The Morgan fingerprint density at radius 3 is 1.91 bits per heavy atom. The lowest BCUT2D eigenvalue weighted by Crippen LogP contribution is -2.28. The lowest BCUT2D eigenvalue weighted by Gasteiger charge is -2.38. The normalized spacial score (nSPS) is 11.5. The van der Waals surface area contributed by atoms with Crippen LogP contribution >= 0.6 is 8.37 Å². The third-order valence-electron chi connectivity index (χ3n) is 3.40. The zero-order valence-corrected chi connectivity index (χ0v) is 14.7. The highest BCUT2D eigenvalue weighted by Crippen LogP contribution is 2.46. The van der Waals surface area contributed by atoms with Crippen LogP contribution in [0.2, 0.25) is 0 Å². The molecular weight excluding hydrogens is 293 g/mol. The number of benzene rings is 2. The number of rotatable bonds is 5. The van der Waals surface area contributed by atoms with Crippen molar-refractivity contribution in [1.82, 2.24) is 9.34 Å². The first-order chi connectivity index (χ1) is 10.4. The first-order valence-electron chi connectivity index (χ1n) is 7.18. The highest BCUT2D eigenvalue weighted by Gasteiger charge is 2.20. The molecule has 5 heteroatoms. The van der Waals surface area contributed by atoms with Gasteiger partial charge in [-0.3, -0.25) is 9.34 Å². The average molecular weight is 317 g/mol. The fourth-order valence-corrected chi connectivity index (χ4v) is 4.66. The maximum Gasteiger partial charge on any atom is 0.147 e. The lowest BCUT2D eigenvalue weighted by atomic mass is 10.1. The highest BCUT2D eigenvalue weighted by atomic mass is 31.2. The van der Waals surface area contributed by atoms with Crippen LogP contribution in [0.1, 0.15) is 0 Å². The van der Waals surface area contributed by atoms with E-state index in [4.69, 9.17) is 0 Å². The van der Waals surface area contributed by atoms with E-state index in [0.29, 0.717) is 5.75 Å². The van der Waals surface area contributed by atoms with Gasteiger partial charge in [-0.25, -0.2) is 0 Å². The van der Waals surface area contributed by atoms with Crippen molar-refractivity contribution in [3.63, 3.8) is 0 Å². The average Bonchev–Trinajstić information content (AvgIpc) is 2.47. The van der Waals surface area contributed by atoms with Crippen molar-refractivity contribution in [3.05, 3.63) is 48.5 Å². The predicted octanol–water partition coefficient (Wildman–Crippen LogP) is 3.85. The summed E-state index contributed by atoms with van der Waals surface area (Å²) >= 11 is 0. The topological polar surface area (TPSA) is 30.0 Å². The van der Waals surface area contributed by atoms with E-state index in [0.717, 1.165) is 11.1 Å². The van der Waals surface area contributed by atoms with Gasteiger partial charge in [0.15, 0.2) is 0 Å². The third-order valence-corrected chi connectivity index (χ3v) is 5.60. The predicted molar refractivity (Wildman–Crippen MR) is 96.2 cm³/mol. The van der Waals surface area contributed by atoms with Crippen molar-refractivity contribution >= 4 is 14.1 Å². The molecule has 2 rings (SSSR count). The van der Waals surface area contributed by atoms with Gasteiger partial charge < -0.3 is 9.78 Å². The first-order valence-corrected chi connectivity index (χ1v) is 8.38. The molecule has 1 N–H and O–H groups in total. The highest BCUT2D eigenvalue weighted by molar-refractivity contribution is 7.54. The van der Waals surface area contributed by atoms with Crippen LogP contribution in [0.25, 0.3) is 11.1 Å². The Morgan fingerprint density at radius 2 is 1.36 bits per heavy atom. The van der Waals surface area contributed by atoms with Gasteiger partial charge in [0.2, 0.25) is 0 Å². The summed E-state index contributed by atoms with van der Waals surface area (Å²) in [6.07, 6.45) is 0. The minimum absolute atomic E-state index is 0.292. The number of aromatic hydroxyl groups is 1. The number of hydrogen-bond donors (Lipinski definition) is 1. The number of nitrogens with zero attached hydrogens (tertiary/aromatic N) is 3. The number of anilines is 1. The zero-order chi connectivity index (χ0) is 16.3. The van der Waals surface area contributed by atoms with Gasteiger partial charge in [0.1, 0.15) is 14.1 Å². The van der Waals surface area contributed by atoms with Crippen LogP contribution in [0, 0.1) is 0 Å². The molecule has 0 fully saturated rings. The molecule has 0 atom stereocenters. The standard InChI is InChI=1S/C17H24N3OP/c1-18(2)22(19(3)4)20(5)16-8-6-7-15(13-16)14-9-11-17(21)12-10-14/h6-13,21H,1-5H3. The van der Waals surface area contributed by atoms with E-state index in [1.165, 1.54) is 5.69 Å². The van der Waals surface area contributed by atoms with E-state index in [2.05, 4.69) is 73.5 Å². The van der Waals surface area contributed by atoms with Gasteiger partial charge in [-0.15, -0.1) is 0 Å². The molecular formula is C17H24N3OP. The zero-order valence-electron chi connectivity index (χ0n) is 13.9. The molecule has 0 bridgehead atoms. The molecule has 0 saturated heterocycles.